The maximum Gasteiger partial charge on any atom is 0.179 e. The molecule has 2 N–H and O–H groups in total. The maximum atomic E-state index is 13.0. The number of hydrogen-bond acceptors (Lipinski definition) is 3. The fourth-order valence-corrected chi connectivity index (χ4v) is 2.50. The number of Topliss-reactive ketones (excluding diaryl/α,β-unsaturated/α-hetero) is 1. The Morgan fingerprint density at radius 2 is 2.20 bits per heavy atom. The van der Waals surface area contributed by atoms with E-state index in [9.17, 15) is 9.18 Å². The topological polar surface area (TPSA) is 43.1 Å². The zero-order chi connectivity index (χ0) is 11.0. The van der Waals surface area contributed by atoms with Crippen molar-refractivity contribution in [1.82, 2.24) is 0 Å². The number of nitrogens with two attached hydrogens (primary N) is 1. The van der Waals surface area contributed by atoms with Crippen LogP contribution in [0.3, 0.4) is 0 Å². The molecule has 0 fully saturated rings. The van der Waals surface area contributed by atoms with Crippen LogP contribution in [0.15, 0.2) is 29.3 Å². The second-order valence-electron chi connectivity index (χ2n) is 3.37. The lowest BCUT2D eigenvalue weighted by Gasteiger charge is -2.02. The molecule has 78 valence electrons. The Labute approximate surface area is 91.4 Å². The third-order valence-corrected chi connectivity index (χ3v) is 3.30. The van der Waals surface area contributed by atoms with Crippen LogP contribution in [0.5, 0.6) is 0 Å². The summed E-state index contributed by atoms with van der Waals surface area (Å²) in [4.78, 5) is 11.7. The van der Waals surface area contributed by atoms with Crippen molar-refractivity contribution >= 4 is 23.1 Å². The summed E-state index contributed by atoms with van der Waals surface area (Å²) in [6, 6.07) is 5.95. The Hall–Kier alpha value is -1.29. The first-order chi connectivity index (χ1) is 7.09. The number of carbonyl (C=O) groups excluding carboxylic acids is 1. The zero-order valence-corrected chi connectivity index (χ0v) is 8.98. The van der Waals surface area contributed by atoms with Crippen molar-refractivity contribution in [2.24, 2.45) is 5.73 Å². The van der Waals surface area contributed by atoms with Crippen LogP contribution in [-0.2, 0) is 4.79 Å². The third-order valence-electron chi connectivity index (χ3n) is 2.28. The largest absolute Gasteiger partial charge is 0.393 e. The second-order valence-corrected chi connectivity index (χ2v) is 4.76. The van der Waals surface area contributed by atoms with Gasteiger partial charge in [-0.1, -0.05) is 23.9 Å². The molecule has 2 rings (SSSR count). The summed E-state index contributed by atoms with van der Waals surface area (Å²) in [5, 5.41) is 0.321. The smallest absolute Gasteiger partial charge is 0.179 e. The van der Waals surface area contributed by atoms with Gasteiger partial charge in [0.15, 0.2) is 5.78 Å². The maximum absolute atomic E-state index is 13.0. The van der Waals surface area contributed by atoms with Crippen LogP contribution < -0.4 is 5.73 Å². The van der Waals surface area contributed by atoms with Crippen LogP contribution >= 0.6 is 11.8 Å². The van der Waals surface area contributed by atoms with Gasteiger partial charge >= 0.3 is 0 Å². The van der Waals surface area contributed by atoms with Gasteiger partial charge in [0.1, 0.15) is 5.82 Å². The molecular formula is C11H10FNOS. The lowest BCUT2D eigenvalue weighted by molar-refractivity contribution is -0.112. The molecule has 1 aliphatic rings. The summed E-state index contributed by atoms with van der Waals surface area (Å²) in [5.74, 6) is -0.381. The Bertz CT molecular complexity index is 456. The van der Waals surface area contributed by atoms with Gasteiger partial charge in [-0.3, -0.25) is 4.79 Å². The summed E-state index contributed by atoms with van der Waals surface area (Å²) in [7, 11) is 0. The summed E-state index contributed by atoms with van der Waals surface area (Å²) >= 11 is 1.32. The van der Waals surface area contributed by atoms with Crippen LogP contribution in [0.2, 0.25) is 0 Å². The van der Waals surface area contributed by atoms with Crippen molar-refractivity contribution < 1.29 is 9.18 Å². The fraction of sp³-hybridized carbons (Fsp3) is 0.182. The number of allylic oxidation sites excluding steroid dienone is 1. The molecule has 2 nitrogen and oxygen atoms in total. The highest BCUT2D eigenvalue weighted by atomic mass is 32.2. The van der Waals surface area contributed by atoms with E-state index in [1.54, 1.807) is 19.1 Å². The zero-order valence-electron chi connectivity index (χ0n) is 8.16. The molecule has 0 aliphatic carbocycles. The molecule has 0 spiro atoms. The van der Waals surface area contributed by atoms with E-state index in [0.717, 1.165) is 0 Å². The minimum Gasteiger partial charge on any atom is -0.393 e. The monoisotopic (exact) mass is 223 g/mol. The SMILES string of the molecule is CC1SC(N)=C(c2cccc(F)c2)C1=O. The van der Waals surface area contributed by atoms with Crippen LogP contribution in [0.25, 0.3) is 5.57 Å². The first-order valence-corrected chi connectivity index (χ1v) is 5.44. The lowest BCUT2D eigenvalue weighted by atomic mass is 10.0. The quantitative estimate of drug-likeness (QED) is 0.793. The Kier molecular flexibility index (Phi) is 2.52. The van der Waals surface area contributed by atoms with Crippen molar-refractivity contribution in [3.8, 4) is 0 Å². The van der Waals surface area contributed by atoms with E-state index in [4.69, 9.17) is 5.73 Å². The number of rotatable bonds is 1. The predicted octanol–water partition coefficient (Wildman–Crippen LogP) is 2.16. The Balaban J connectivity index is 2.48. The third kappa shape index (κ3) is 1.77. The molecule has 1 aromatic rings. The van der Waals surface area contributed by atoms with Gasteiger partial charge in [0.25, 0.3) is 0 Å². The van der Waals surface area contributed by atoms with Crippen molar-refractivity contribution in [2.75, 3.05) is 0 Å². The van der Waals surface area contributed by atoms with Gasteiger partial charge in [-0.25, -0.2) is 4.39 Å². The molecular weight excluding hydrogens is 213 g/mol. The summed E-state index contributed by atoms with van der Waals surface area (Å²) in [6.07, 6.45) is 0. The van der Waals surface area contributed by atoms with Gasteiger partial charge in [-0.15, -0.1) is 0 Å². The molecule has 1 atom stereocenters. The van der Waals surface area contributed by atoms with Crippen LogP contribution in [-0.4, -0.2) is 11.0 Å². The molecule has 0 amide bonds. The summed E-state index contributed by atoms with van der Waals surface area (Å²) < 4.78 is 13.0. The van der Waals surface area contributed by atoms with Crippen molar-refractivity contribution in [3.05, 3.63) is 40.7 Å². The van der Waals surface area contributed by atoms with E-state index in [1.165, 1.54) is 23.9 Å². The van der Waals surface area contributed by atoms with Gasteiger partial charge < -0.3 is 5.73 Å². The number of carbonyl (C=O) groups is 1. The Morgan fingerprint density at radius 1 is 1.47 bits per heavy atom. The molecule has 1 unspecified atom stereocenters. The number of thioether (sulfide) groups is 1. The van der Waals surface area contributed by atoms with Crippen LogP contribution in [0.4, 0.5) is 4.39 Å². The standard InChI is InChI=1S/C11H10FNOS/c1-6-10(14)9(11(13)15-6)7-3-2-4-8(12)5-7/h2-6H,13H2,1H3. The molecule has 1 heterocycles. The summed E-state index contributed by atoms with van der Waals surface area (Å²) in [6.45, 7) is 1.80. The van der Waals surface area contributed by atoms with E-state index in [2.05, 4.69) is 0 Å². The van der Waals surface area contributed by atoms with E-state index in [1.807, 2.05) is 0 Å². The molecule has 1 aliphatic heterocycles. The molecule has 0 saturated heterocycles. The molecule has 15 heavy (non-hydrogen) atoms. The first-order valence-electron chi connectivity index (χ1n) is 4.56. The minimum atomic E-state index is -0.356. The van der Waals surface area contributed by atoms with Gasteiger partial charge in [-0.05, 0) is 24.6 Å². The van der Waals surface area contributed by atoms with E-state index in [-0.39, 0.29) is 16.9 Å². The van der Waals surface area contributed by atoms with E-state index >= 15 is 0 Å². The Morgan fingerprint density at radius 3 is 2.73 bits per heavy atom. The van der Waals surface area contributed by atoms with Crippen molar-refractivity contribution in [1.29, 1.82) is 0 Å². The van der Waals surface area contributed by atoms with Gasteiger partial charge in [0.05, 0.1) is 15.9 Å². The second kappa shape index (κ2) is 3.70. The van der Waals surface area contributed by atoms with Crippen molar-refractivity contribution in [2.45, 2.75) is 12.2 Å². The number of halogens is 1. The summed E-state index contributed by atoms with van der Waals surface area (Å²) in [5.41, 5.74) is 6.76. The normalized spacial score (nSPS) is 21.2. The van der Waals surface area contributed by atoms with Crippen molar-refractivity contribution in [3.63, 3.8) is 0 Å². The highest BCUT2D eigenvalue weighted by Crippen LogP contribution is 2.36. The highest BCUT2D eigenvalue weighted by Gasteiger charge is 2.30. The lowest BCUT2D eigenvalue weighted by Crippen LogP contribution is -2.09. The molecule has 4 heteroatoms. The van der Waals surface area contributed by atoms with Gasteiger partial charge in [-0.2, -0.15) is 0 Å². The van der Waals surface area contributed by atoms with Gasteiger partial charge in [0, 0.05) is 0 Å². The molecule has 1 aromatic carbocycles. The predicted molar refractivity (Wildman–Crippen MR) is 59.6 cm³/mol. The molecule has 0 saturated carbocycles. The minimum absolute atomic E-state index is 0.0249. The first kappa shape index (κ1) is 10.2. The number of benzene rings is 1. The molecule has 0 radical (unpaired) electrons. The van der Waals surface area contributed by atoms with Gasteiger partial charge in [0.2, 0.25) is 0 Å². The van der Waals surface area contributed by atoms with E-state index < -0.39 is 0 Å². The fourth-order valence-electron chi connectivity index (χ4n) is 1.56. The molecule has 0 bridgehead atoms. The number of hydrogen-bond donors (Lipinski definition) is 1. The average Bonchev–Trinajstić information content (AvgIpc) is 2.41. The highest BCUT2D eigenvalue weighted by molar-refractivity contribution is 8.05. The van der Waals surface area contributed by atoms with E-state index in [0.29, 0.717) is 16.2 Å². The van der Waals surface area contributed by atoms with Crippen LogP contribution in [0.1, 0.15) is 12.5 Å². The van der Waals surface area contributed by atoms with Crippen LogP contribution in [0, 0.1) is 5.82 Å². The molecule has 0 aromatic heterocycles. The average molecular weight is 223 g/mol. The number of ketones is 1.